The SMILES string of the molecule is O=S(=O)(Nc1cccc(-c2nc3ccncc3s2)c1)c1ccc(-c2cnns2)s1. The number of thiazole rings is 1. The average molecular weight is 458 g/mol. The van der Waals surface area contributed by atoms with Gasteiger partial charge in [-0.25, -0.2) is 13.4 Å². The second kappa shape index (κ2) is 7.26. The Morgan fingerprint density at radius 1 is 0.966 bits per heavy atom. The second-order valence-corrected chi connectivity index (χ2v) is 10.8. The van der Waals surface area contributed by atoms with Crippen LogP contribution in [0.3, 0.4) is 0 Å². The van der Waals surface area contributed by atoms with Crippen LogP contribution in [-0.4, -0.2) is 28.0 Å². The Labute approximate surface area is 178 Å². The standard InChI is InChI=1S/C18H11N5O2S4/c24-29(25,17-5-4-14(26-17)16-10-20-23-28-16)22-12-3-1-2-11(8-12)18-21-13-6-7-19-9-15(13)27-18/h1-10,22H. The van der Waals surface area contributed by atoms with Crippen molar-refractivity contribution in [2.75, 3.05) is 4.72 Å². The lowest BCUT2D eigenvalue weighted by atomic mass is 10.2. The number of pyridine rings is 1. The molecule has 0 aliphatic rings. The van der Waals surface area contributed by atoms with E-state index in [1.807, 2.05) is 12.1 Å². The number of hydrogen-bond acceptors (Lipinski definition) is 9. The number of sulfonamides is 1. The summed E-state index contributed by atoms with van der Waals surface area (Å²) in [5.41, 5.74) is 2.19. The fourth-order valence-corrected chi connectivity index (χ4v) is 6.56. The molecule has 0 unspecified atom stereocenters. The van der Waals surface area contributed by atoms with Crippen LogP contribution in [0, 0.1) is 0 Å². The third-order valence-corrected chi connectivity index (χ3v) is 8.88. The first-order valence-corrected chi connectivity index (χ1v) is 12.2. The zero-order valence-electron chi connectivity index (χ0n) is 14.5. The molecule has 1 N–H and O–H groups in total. The van der Waals surface area contributed by atoms with Crippen molar-refractivity contribution in [2.45, 2.75) is 4.21 Å². The van der Waals surface area contributed by atoms with Gasteiger partial charge >= 0.3 is 0 Å². The average Bonchev–Trinajstić information content (AvgIpc) is 3.47. The molecule has 144 valence electrons. The predicted octanol–water partition coefficient (Wildman–Crippen LogP) is 4.74. The van der Waals surface area contributed by atoms with Crippen molar-refractivity contribution in [3.05, 3.63) is 61.1 Å². The summed E-state index contributed by atoms with van der Waals surface area (Å²) in [5.74, 6) is 0. The van der Waals surface area contributed by atoms with Gasteiger partial charge in [0, 0.05) is 28.5 Å². The molecule has 4 aromatic heterocycles. The van der Waals surface area contributed by atoms with Crippen molar-refractivity contribution in [1.82, 2.24) is 19.6 Å². The third kappa shape index (κ3) is 3.65. The van der Waals surface area contributed by atoms with Crippen LogP contribution in [0.15, 0.2) is 65.3 Å². The monoisotopic (exact) mass is 457 g/mol. The summed E-state index contributed by atoms with van der Waals surface area (Å²) in [6, 6.07) is 12.4. The Kier molecular flexibility index (Phi) is 4.59. The van der Waals surface area contributed by atoms with Gasteiger partial charge in [0.15, 0.2) is 0 Å². The van der Waals surface area contributed by atoms with Crippen LogP contribution < -0.4 is 4.72 Å². The maximum Gasteiger partial charge on any atom is 0.271 e. The normalized spacial score (nSPS) is 11.7. The summed E-state index contributed by atoms with van der Waals surface area (Å²) in [4.78, 5) is 10.4. The Bertz CT molecular complexity index is 1370. The van der Waals surface area contributed by atoms with Crippen LogP contribution in [0.5, 0.6) is 0 Å². The zero-order valence-corrected chi connectivity index (χ0v) is 17.8. The Hall–Kier alpha value is -2.73. The van der Waals surface area contributed by atoms with Crippen LogP contribution >= 0.6 is 34.2 Å². The molecule has 0 aliphatic heterocycles. The topological polar surface area (TPSA) is 97.7 Å². The molecule has 5 aromatic rings. The predicted molar refractivity (Wildman–Crippen MR) is 117 cm³/mol. The van der Waals surface area contributed by atoms with Crippen molar-refractivity contribution in [3.63, 3.8) is 0 Å². The number of hydrogen-bond donors (Lipinski definition) is 1. The molecule has 0 amide bonds. The number of benzene rings is 1. The van der Waals surface area contributed by atoms with E-state index >= 15 is 0 Å². The van der Waals surface area contributed by atoms with Gasteiger partial charge in [0.05, 0.1) is 21.3 Å². The molecule has 0 radical (unpaired) electrons. The third-order valence-electron chi connectivity index (χ3n) is 4.00. The number of rotatable bonds is 5. The first-order valence-electron chi connectivity index (χ1n) is 8.30. The van der Waals surface area contributed by atoms with E-state index in [-0.39, 0.29) is 4.21 Å². The van der Waals surface area contributed by atoms with Crippen LogP contribution in [-0.2, 0) is 10.0 Å². The number of fused-ring (bicyclic) bond motifs is 1. The molecule has 11 heteroatoms. The van der Waals surface area contributed by atoms with Crippen LogP contribution in [0.1, 0.15) is 0 Å². The summed E-state index contributed by atoms with van der Waals surface area (Å²) < 4.78 is 33.3. The first kappa shape index (κ1) is 18.3. The van der Waals surface area contributed by atoms with E-state index in [2.05, 4.69) is 24.3 Å². The van der Waals surface area contributed by atoms with E-state index in [1.165, 1.54) is 34.2 Å². The lowest BCUT2D eigenvalue weighted by molar-refractivity contribution is 0.603. The van der Waals surface area contributed by atoms with Crippen molar-refractivity contribution in [3.8, 4) is 20.3 Å². The van der Waals surface area contributed by atoms with Crippen LogP contribution in [0.4, 0.5) is 5.69 Å². The molecule has 0 fully saturated rings. The number of nitrogens with one attached hydrogen (secondary N) is 1. The molecular formula is C18H11N5O2S4. The molecule has 0 atom stereocenters. The molecule has 5 rings (SSSR count). The van der Waals surface area contributed by atoms with Gasteiger partial charge in [-0.1, -0.05) is 16.6 Å². The highest BCUT2D eigenvalue weighted by molar-refractivity contribution is 7.94. The molecule has 0 saturated carbocycles. The largest absolute Gasteiger partial charge is 0.279 e. The summed E-state index contributed by atoms with van der Waals surface area (Å²) in [5, 5.41) is 4.60. The summed E-state index contributed by atoms with van der Waals surface area (Å²) in [6.07, 6.45) is 5.10. The van der Waals surface area contributed by atoms with Crippen molar-refractivity contribution < 1.29 is 8.42 Å². The zero-order chi connectivity index (χ0) is 19.8. The van der Waals surface area contributed by atoms with Gasteiger partial charge in [0.1, 0.15) is 9.22 Å². The van der Waals surface area contributed by atoms with Gasteiger partial charge in [0.2, 0.25) is 0 Å². The highest BCUT2D eigenvalue weighted by Crippen LogP contribution is 2.34. The van der Waals surface area contributed by atoms with Crippen LogP contribution in [0.25, 0.3) is 30.5 Å². The smallest absolute Gasteiger partial charge is 0.271 e. The number of thiophene rings is 1. The lowest BCUT2D eigenvalue weighted by Crippen LogP contribution is -2.11. The molecule has 1 aromatic carbocycles. The molecule has 29 heavy (non-hydrogen) atoms. The number of anilines is 1. The van der Waals surface area contributed by atoms with E-state index in [0.717, 1.165) is 30.5 Å². The van der Waals surface area contributed by atoms with E-state index in [9.17, 15) is 8.42 Å². The van der Waals surface area contributed by atoms with Gasteiger partial charge in [-0.05, 0) is 41.9 Å². The minimum absolute atomic E-state index is 0.234. The van der Waals surface area contributed by atoms with E-state index in [1.54, 1.807) is 48.9 Å². The minimum Gasteiger partial charge on any atom is -0.279 e. The Balaban J connectivity index is 1.43. The fraction of sp³-hybridized carbons (Fsp3) is 0. The molecule has 0 bridgehead atoms. The quantitative estimate of drug-likeness (QED) is 0.409. The van der Waals surface area contributed by atoms with Crippen molar-refractivity contribution >= 4 is 60.1 Å². The van der Waals surface area contributed by atoms with Gasteiger partial charge in [-0.3, -0.25) is 9.71 Å². The molecule has 0 saturated heterocycles. The van der Waals surface area contributed by atoms with Gasteiger partial charge in [0.25, 0.3) is 10.0 Å². The maximum absolute atomic E-state index is 12.8. The Morgan fingerprint density at radius 2 is 1.90 bits per heavy atom. The van der Waals surface area contributed by atoms with E-state index in [0.29, 0.717) is 5.69 Å². The van der Waals surface area contributed by atoms with Gasteiger partial charge in [-0.15, -0.1) is 27.8 Å². The molecule has 0 aliphatic carbocycles. The summed E-state index contributed by atoms with van der Waals surface area (Å²) >= 11 is 3.93. The van der Waals surface area contributed by atoms with E-state index < -0.39 is 10.0 Å². The van der Waals surface area contributed by atoms with Gasteiger partial charge in [-0.2, -0.15) is 0 Å². The maximum atomic E-state index is 12.8. The number of nitrogens with zero attached hydrogens (tertiary/aromatic N) is 4. The Morgan fingerprint density at radius 3 is 2.72 bits per heavy atom. The molecule has 4 heterocycles. The van der Waals surface area contributed by atoms with Crippen molar-refractivity contribution in [2.24, 2.45) is 0 Å². The summed E-state index contributed by atoms with van der Waals surface area (Å²) in [7, 11) is -3.70. The van der Waals surface area contributed by atoms with Gasteiger partial charge < -0.3 is 0 Å². The van der Waals surface area contributed by atoms with E-state index in [4.69, 9.17) is 0 Å². The van der Waals surface area contributed by atoms with Crippen LogP contribution in [0.2, 0.25) is 0 Å². The minimum atomic E-state index is -3.70. The highest BCUT2D eigenvalue weighted by Gasteiger charge is 2.19. The first-order chi connectivity index (χ1) is 14.1. The fourth-order valence-electron chi connectivity index (χ4n) is 2.70. The molecule has 0 spiro atoms. The lowest BCUT2D eigenvalue weighted by Gasteiger charge is -2.07. The number of aromatic nitrogens is 4. The highest BCUT2D eigenvalue weighted by atomic mass is 32.2. The summed E-state index contributed by atoms with van der Waals surface area (Å²) in [6.45, 7) is 0. The second-order valence-electron chi connectivity index (χ2n) is 5.95. The van der Waals surface area contributed by atoms with Crippen molar-refractivity contribution in [1.29, 1.82) is 0 Å². The molecular weight excluding hydrogens is 446 g/mol. The molecule has 7 nitrogen and oxygen atoms in total.